The predicted octanol–water partition coefficient (Wildman–Crippen LogP) is 0.540. The van der Waals surface area contributed by atoms with E-state index in [4.69, 9.17) is 0 Å². The second-order valence-corrected chi connectivity index (χ2v) is 10.6. The largest absolute Gasteiger partial charge is 0.336 e. The molecule has 1 aromatic carbocycles. The average molecular weight is 454 g/mol. The molecule has 1 aliphatic rings. The Morgan fingerprint density at radius 1 is 1.07 bits per heavy atom. The van der Waals surface area contributed by atoms with Crippen LogP contribution in [-0.2, 0) is 19.9 Å². The van der Waals surface area contributed by atoms with Crippen molar-refractivity contribution in [2.75, 3.05) is 32.4 Å². The van der Waals surface area contributed by atoms with Crippen LogP contribution in [0.2, 0.25) is 0 Å². The van der Waals surface area contributed by atoms with Crippen molar-refractivity contribution in [1.82, 2.24) is 14.2 Å². The monoisotopic (exact) mass is 454 g/mol. The van der Waals surface area contributed by atoms with Crippen LogP contribution in [0.4, 0.5) is 5.69 Å². The number of nitro groups is 1. The number of hydrogen-bond donors (Lipinski definition) is 0. The maximum atomic E-state index is 12.8. The van der Waals surface area contributed by atoms with Gasteiger partial charge in [0.15, 0.2) is 9.84 Å². The first-order chi connectivity index (χ1) is 14.0. The van der Waals surface area contributed by atoms with Crippen LogP contribution in [0.3, 0.4) is 0 Å². The van der Waals surface area contributed by atoms with Crippen molar-refractivity contribution in [3.63, 3.8) is 0 Å². The minimum Gasteiger partial charge on any atom is -0.336 e. The zero-order valence-corrected chi connectivity index (χ0v) is 17.5. The number of hydrogen-bond acceptors (Lipinski definition) is 8. The fourth-order valence-electron chi connectivity index (χ4n) is 2.99. The number of carbonyl (C=O) groups excluding carboxylic acids is 1. The molecular weight excluding hydrogens is 436 g/mol. The Morgan fingerprint density at radius 3 is 2.27 bits per heavy atom. The molecule has 0 saturated carbocycles. The number of sulfonamides is 1. The zero-order valence-electron chi connectivity index (χ0n) is 15.8. The first-order valence-corrected chi connectivity index (χ1v) is 12.0. The molecule has 0 bridgehead atoms. The summed E-state index contributed by atoms with van der Waals surface area (Å²) in [6.07, 6.45) is 3.59. The van der Waals surface area contributed by atoms with Gasteiger partial charge in [0, 0.05) is 62.5 Å². The maximum Gasteiger partial charge on any atom is 0.271 e. The third-order valence-electron chi connectivity index (χ3n) is 4.58. The van der Waals surface area contributed by atoms with E-state index < -0.39 is 36.4 Å². The minimum atomic E-state index is -3.77. The van der Waals surface area contributed by atoms with E-state index in [1.165, 1.54) is 33.7 Å². The van der Waals surface area contributed by atoms with Crippen molar-refractivity contribution >= 4 is 31.5 Å². The molecule has 1 amide bonds. The predicted molar refractivity (Wildman–Crippen MR) is 105 cm³/mol. The number of carbonyl (C=O) groups is 1. The molecule has 3 rings (SSSR count). The highest BCUT2D eigenvalue weighted by Crippen LogP contribution is 2.23. The van der Waals surface area contributed by atoms with Gasteiger partial charge in [-0.05, 0) is 18.2 Å². The highest BCUT2D eigenvalue weighted by molar-refractivity contribution is 7.90. The van der Waals surface area contributed by atoms with Gasteiger partial charge in [-0.2, -0.15) is 4.31 Å². The van der Waals surface area contributed by atoms with Crippen molar-refractivity contribution in [1.29, 1.82) is 0 Å². The van der Waals surface area contributed by atoms with Gasteiger partial charge in [-0.1, -0.05) is 0 Å². The lowest BCUT2D eigenvalue weighted by Crippen LogP contribution is -2.50. The van der Waals surface area contributed by atoms with E-state index in [2.05, 4.69) is 4.98 Å². The van der Waals surface area contributed by atoms with Gasteiger partial charge in [0.25, 0.3) is 11.6 Å². The molecule has 0 spiro atoms. The van der Waals surface area contributed by atoms with Gasteiger partial charge in [0.1, 0.15) is 4.90 Å². The van der Waals surface area contributed by atoms with Crippen LogP contribution in [0.15, 0.2) is 52.5 Å². The molecular formula is C17H18N4O7S2. The number of sulfone groups is 1. The summed E-state index contributed by atoms with van der Waals surface area (Å²) in [5.41, 5.74) is -0.660. The molecule has 13 heteroatoms. The van der Waals surface area contributed by atoms with E-state index in [-0.39, 0.29) is 41.5 Å². The number of aromatic nitrogens is 1. The zero-order chi connectivity index (χ0) is 22.1. The van der Waals surface area contributed by atoms with Crippen LogP contribution >= 0.6 is 0 Å². The van der Waals surface area contributed by atoms with E-state index in [1.54, 1.807) is 0 Å². The minimum absolute atomic E-state index is 0.0246. The summed E-state index contributed by atoms with van der Waals surface area (Å²) >= 11 is 0. The van der Waals surface area contributed by atoms with Gasteiger partial charge in [-0.3, -0.25) is 19.9 Å². The van der Waals surface area contributed by atoms with Crippen LogP contribution in [0.25, 0.3) is 0 Å². The van der Waals surface area contributed by atoms with Crippen molar-refractivity contribution < 1.29 is 26.6 Å². The number of benzene rings is 1. The molecule has 0 atom stereocenters. The van der Waals surface area contributed by atoms with Crippen molar-refractivity contribution in [2.45, 2.75) is 9.79 Å². The van der Waals surface area contributed by atoms with Gasteiger partial charge >= 0.3 is 0 Å². The average Bonchev–Trinajstić information content (AvgIpc) is 2.73. The summed E-state index contributed by atoms with van der Waals surface area (Å²) in [7, 11) is -7.53. The summed E-state index contributed by atoms with van der Waals surface area (Å²) in [5.74, 6) is -0.609. The van der Waals surface area contributed by atoms with Crippen LogP contribution in [0, 0.1) is 10.1 Å². The normalized spacial score (nSPS) is 15.7. The van der Waals surface area contributed by atoms with E-state index in [9.17, 15) is 31.7 Å². The van der Waals surface area contributed by atoms with Crippen LogP contribution in [-0.4, -0.2) is 74.3 Å². The smallest absolute Gasteiger partial charge is 0.271 e. The Bertz CT molecular complexity index is 1190. The number of nitrogens with zero attached hydrogens (tertiary/aromatic N) is 4. The second kappa shape index (κ2) is 8.08. The van der Waals surface area contributed by atoms with Gasteiger partial charge in [-0.25, -0.2) is 16.8 Å². The molecule has 1 aliphatic heterocycles. The highest BCUT2D eigenvalue weighted by Gasteiger charge is 2.31. The molecule has 160 valence electrons. The lowest BCUT2D eigenvalue weighted by molar-refractivity contribution is -0.385. The molecule has 2 heterocycles. The molecule has 1 fully saturated rings. The van der Waals surface area contributed by atoms with Gasteiger partial charge in [0.2, 0.25) is 10.0 Å². The SMILES string of the molecule is CS(=O)(=O)c1cc(C(=O)N2CCN(S(=O)(=O)c3cccnc3)CC2)cc([N+](=O)[O-])c1. The Hall–Kier alpha value is -2.90. The molecule has 1 saturated heterocycles. The van der Waals surface area contributed by atoms with Crippen molar-refractivity contribution in [3.05, 3.63) is 58.4 Å². The molecule has 0 aliphatic carbocycles. The Morgan fingerprint density at radius 2 is 1.73 bits per heavy atom. The van der Waals surface area contributed by atoms with Crippen molar-refractivity contribution in [2.24, 2.45) is 0 Å². The lowest BCUT2D eigenvalue weighted by Gasteiger charge is -2.34. The lowest BCUT2D eigenvalue weighted by atomic mass is 10.1. The van der Waals surface area contributed by atoms with Crippen LogP contribution in [0.5, 0.6) is 0 Å². The fourth-order valence-corrected chi connectivity index (χ4v) is 5.05. The molecule has 11 nitrogen and oxygen atoms in total. The summed E-state index contributed by atoms with van der Waals surface area (Å²) in [6, 6.07) is 5.92. The molecule has 30 heavy (non-hydrogen) atoms. The first kappa shape index (κ1) is 21.8. The van der Waals surface area contributed by atoms with Crippen molar-refractivity contribution in [3.8, 4) is 0 Å². The third kappa shape index (κ3) is 4.47. The quantitative estimate of drug-likeness (QED) is 0.469. The van der Waals surface area contributed by atoms with E-state index in [0.29, 0.717) is 0 Å². The number of amides is 1. The third-order valence-corrected chi connectivity index (χ3v) is 7.55. The summed E-state index contributed by atoms with van der Waals surface area (Å²) < 4.78 is 50.2. The Labute approximate surface area is 173 Å². The topological polar surface area (TPSA) is 148 Å². The van der Waals surface area contributed by atoms with E-state index in [0.717, 1.165) is 24.5 Å². The van der Waals surface area contributed by atoms with Gasteiger partial charge < -0.3 is 4.90 Å². The second-order valence-electron chi connectivity index (χ2n) is 6.63. The first-order valence-electron chi connectivity index (χ1n) is 8.69. The standard InChI is InChI=1S/C17H18N4O7S2/c1-29(25,26)16-10-13(9-14(11-16)21(23)24)17(22)19-5-7-20(8-6-19)30(27,28)15-3-2-4-18-12-15/h2-4,9-12H,5-8H2,1H3. The van der Waals surface area contributed by atoms with Crippen LogP contribution < -0.4 is 0 Å². The number of rotatable bonds is 5. The fraction of sp³-hybridized carbons (Fsp3) is 0.294. The van der Waals surface area contributed by atoms with E-state index >= 15 is 0 Å². The maximum absolute atomic E-state index is 12.8. The molecule has 0 unspecified atom stereocenters. The van der Waals surface area contributed by atoms with Gasteiger partial charge in [0.05, 0.1) is 9.82 Å². The number of non-ortho nitro benzene ring substituents is 1. The number of piperazine rings is 1. The molecule has 0 radical (unpaired) electrons. The molecule has 2 aromatic rings. The van der Waals surface area contributed by atoms with Gasteiger partial charge in [-0.15, -0.1) is 0 Å². The highest BCUT2D eigenvalue weighted by atomic mass is 32.2. The molecule has 1 aromatic heterocycles. The van der Waals surface area contributed by atoms with E-state index in [1.807, 2.05) is 0 Å². The summed E-state index contributed by atoms with van der Waals surface area (Å²) in [4.78, 5) is 28.0. The Kier molecular flexibility index (Phi) is 5.87. The number of pyridine rings is 1. The number of nitro benzene ring substituents is 1. The summed E-state index contributed by atoms with van der Waals surface area (Å²) in [6.45, 7) is 0.151. The molecule has 0 N–H and O–H groups in total. The van der Waals surface area contributed by atoms with Crippen LogP contribution in [0.1, 0.15) is 10.4 Å². The summed E-state index contributed by atoms with van der Waals surface area (Å²) in [5, 5.41) is 11.1. The Balaban J connectivity index is 1.80.